The van der Waals surface area contributed by atoms with Gasteiger partial charge in [-0.1, -0.05) is 29.3 Å². The molecule has 0 saturated heterocycles. The molecule has 0 saturated carbocycles. The summed E-state index contributed by atoms with van der Waals surface area (Å²) in [5.74, 6) is -2.04. The van der Waals surface area contributed by atoms with E-state index in [9.17, 15) is 9.59 Å². The Balaban J connectivity index is 2.95. The lowest BCUT2D eigenvalue weighted by Gasteiger charge is -2.13. The molecule has 1 aromatic rings. The molecule has 98 valence electrons. The predicted octanol–water partition coefficient (Wildman–Crippen LogP) is 1.81. The van der Waals surface area contributed by atoms with Gasteiger partial charge in [-0.2, -0.15) is 0 Å². The summed E-state index contributed by atoms with van der Waals surface area (Å²) in [5, 5.41) is 0. The monoisotopic (exact) mass is 250 g/mol. The normalized spacial score (nSPS) is 10.3. The van der Waals surface area contributed by atoms with Crippen LogP contribution in [0.4, 0.5) is 0 Å². The molecule has 0 atom stereocenters. The second-order valence-corrected chi connectivity index (χ2v) is 4.30. The molecule has 1 aromatic carbocycles. The lowest BCUT2D eigenvalue weighted by molar-refractivity contribution is -0.158. The van der Waals surface area contributed by atoms with Gasteiger partial charge in [0, 0.05) is 0 Å². The summed E-state index contributed by atoms with van der Waals surface area (Å²) in [6.45, 7) is 3.95. The van der Waals surface area contributed by atoms with Crippen LogP contribution in [0.3, 0.4) is 0 Å². The second kappa shape index (κ2) is 6.19. The first-order valence-corrected chi connectivity index (χ1v) is 5.70. The first-order chi connectivity index (χ1) is 8.47. The summed E-state index contributed by atoms with van der Waals surface area (Å²) in [6, 6.07) is 5.94. The fourth-order valence-electron chi connectivity index (χ4n) is 1.97. The van der Waals surface area contributed by atoms with E-state index in [1.54, 1.807) is 0 Å². The third kappa shape index (κ3) is 3.58. The topological polar surface area (TPSA) is 52.6 Å². The number of carbonyl (C=O) groups is 2. The number of rotatable bonds is 4. The lowest BCUT2D eigenvalue weighted by Crippen LogP contribution is -2.28. The molecule has 4 nitrogen and oxygen atoms in total. The van der Waals surface area contributed by atoms with Crippen molar-refractivity contribution >= 4 is 11.9 Å². The first-order valence-electron chi connectivity index (χ1n) is 5.70. The van der Waals surface area contributed by atoms with Gasteiger partial charge in [0.05, 0.1) is 14.2 Å². The third-order valence-electron chi connectivity index (χ3n) is 2.69. The van der Waals surface area contributed by atoms with Crippen molar-refractivity contribution in [2.75, 3.05) is 14.2 Å². The number of esters is 2. The van der Waals surface area contributed by atoms with E-state index in [1.807, 2.05) is 32.0 Å². The molecule has 0 radical (unpaired) electrons. The van der Waals surface area contributed by atoms with E-state index < -0.39 is 17.9 Å². The molecule has 0 aliphatic rings. The van der Waals surface area contributed by atoms with Crippen LogP contribution in [0.15, 0.2) is 18.2 Å². The molecule has 0 aromatic heterocycles. The van der Waals surface area contributed by atoms with Crippen LogP contribution in [0, 0.1) is 19.8 Å². The van der Waals surface area contributed by atoms with Crippen LogP contribution in [0.25, 0.3) is 0 Å². The van der Waals surface area contributed by atoms with Crippen LogP contribution in [-0.2, 0) is 25.5 Å². The molecule has 18 heavy (non-hydrogen) atoms. The van der Waals surface area contributed by atoms with Crippen molar-refractivity contribution in [2.45, 2.75) is 20.3 Å². The summed E-state index contributed by atoms with van der Waals surface area (Å²) >= 11 is 0. The van der Waals surface area contributed by atoms with E-state index in [4.69, 9.17) is 0 Å². The Labute approximate surface area is 107 Å². The molecular formula is C14H18O4. The van der Waals surface area contributed by atoms with Gasteiger partial charge < -0.3 is 9.47 Å². The minimum atomic E-state index is -0.902. The maximum atomic E-state index is 11.6. The number of aryl methyl sites for hydroxylation is 2. The SMILES string of the molecule is COC(=O)C(Cc1cc(C)cc(C)c1)C(=O)OC. The van der Waals surface area contributed by atoms with Gasteiger partial charge in [0.15, 0.2) is 5.92 Å². The zero-order valence-corrected chi connectivity index (χ0v) is 11.1. The van der Waals surface area contributed by atoms with Gasteiger partial charge in [-0.3, -0.25) is 9.59 Å². The minimum absolute atomic E-state index is 0.294. The summed E-state index contributed by atoms with van der Waals surface area (Å²) < 4.78 is 9.26. The Morgan fingerprint density at radius 2 is 1.44 bits per heavy atom. The predicted molar refractivity (Wildman–Crippen MR) is 67.1 cm³/mol. The zero-order chi connectivity index (χ0) is 13.7. The third-order valence-corrected chi connectivity index (χ3v) is 2.69. The van der Waals surface area contributed by atoms with E-state index in [1.165, 1.54) is 14.2 Å². The molecule has 4 heteroatoms. The van der Waals surface area contributed by atoms with Crippen molar-refractivity contribution in [3.05, 3.63) is 34.9 Å². The van der Waals surface area contributed by atoms with Gasteiger partial charge in [-0.25, -0.2) is 0 Å². The molecule has 0 aliphatic carbocycles. The molecule has 0 fully saturated rings. The average Bonchev–Trinajstić information content (AvgIpc) is 2.33. The highest BCUT2D eigenvalue weighted by molar-refractivity contribution is 5.95. The van der Waals surface area contributed by atoms with Gasteiger partial charge in [0.2, 0.25) is 0 Å². The van der Waals surface area contributed by atoms with Crippen LogP contribution >= 0.6 is 0 Å². The number of ether oxygens (including phenoxy) is 2. The summed E-state index contributed by atoms with van der Waals surface area (Å²) in [6.07, 6.45) is 0.294. The van der Waals surface area contributed by atoms with Crippen molar-refractivity contribution in [2.24, 2.45) is 5.92 Å². The Bertz CT molecular complexity index is 415. The zero-order valence-electron chi connectivity index (χ0n) is 11.1. The summed E-state index contributed by atoms with van der Waals surface area (Å²) in [4.78, 5) is 23.1. The highest BCUT2D eigenvalue weighted by Gasteiger charge is 2.28. The molecular weight excluding hydrogens is 232 g/mol. The summed E-state index contributed by atoms with van der Waals surface area (Å²) in [5.41, 5.74) is 3.12. The Morgan fingerprint density at radius 3 is 1.83 bits per heavy atom. The van der Waals surface area contributed by atoms with Crippen molar-refractivity contribution in [1.82, 2.24) is 0 Å². The molecule has 0 bridgehead atoms. The van der Waals surface area contributed by atoms with Gasteiger partial charge in [0.1, 0.15) is 0 Å². The fourth-order valence-corrected chi connectivity index (χ4v) is 1.97. The molecule has 0 heterocycles. The minimum Gasteiger partial charge on any atom is -0.468 e. The Kier molecular flexibility index (Phi) is 4.89. The number of hydrogen-bond donors (Lipinski definition) is 0. The lowest BCUT2D eigenvalue weighted by atomic mass is 9.96. The molecule has 0 aliphatic heterocycles. The maximum Gasteiger partial charge on any atom is 0.320 e. The summed E-state index contributed by atoms with van der Waals surface area (Å²) in [7, 11) is 2.53. The highest BCUT2D eigenvalue weighted by atomic mass is 16.5. The van der Waals surface area contributed by atoms with Crippen molar-refractivity contribution in [3.63, 3.8) is 0 Å². The highest BCUT2D eigenvalue weighted by Crippen LogP contribution is 2.15. The van der Waals surface area contributed by atoms with E-state index in [-0.39, 0.29) is 0 Å². The largest absolute Gasteiger partial charge is 0.468 e. The van der Waals surface area contributed by atoms with Gasteiger partial charge >= 0.3 is 11.9 Å². The van der Waals surface area contributed by atoms with Crippen LogP contribution in [-0.4, -0.2) is 26.2 Å². The first kappa shape index (κ1) is 14.2. The molecule has 0 unspecified atom stereocenters. The molecule has 0 N–H and O–H groups in total. The van der Waals surface area contributed by atoms with E-state index in [0.717, 1.165) is 16.7 Å². The second-order valence-electron chi connectivity index (χ2n) is 4.30. The average molecular weight is 250 g/mol. The Morgan fingerprint density at radius 1 is 1.00 bits per heavy atom. The van der Waals surface area contributed by atoms with E-state index in [2.05, 4.69) is 9.47 Å². The number of methoxy groups -OCH3 is 2. The quantitative estimate of drug-likeness (QED) is 0.604. The molecule has 1 rings (SSSR count). The molecule has 0 spiro atoms. The van der Waals surface area contributed by atoms with Crippen LogP contribution in [0.5, 0.6) is 0 Å². The van der Waals surface area contributed by atoms with Crippen molar-refractivity contribution in [1.29, 1.82) is 0 Å². The molecule has 0 amide bonds. The van der Waals surface area contributed by atoms with E-state index in [0.29, 0.717) is 6.42 Å². The number of carbonyl (C=O) groups excluding carboxylic acids is 2. The van der Waals surface area contributed by atoms with Crippen molar-refractivity contribution < 1.29 is 19.1 Å². The van der Waals surface area contributed by atoms with Gasteiger partial charge in [-0.05, 0) is 25.8 Å². The smallest absolute Gasteiger partial charge is 0.320 e. The van der Waals surface area contributed by atoms with Crippen LogP contribution < -0.4 is 0 Å². The fraction of sp³-hybridized carbons (Fsp3) is 0.429. The Hall–Kier alpha value is -1.84. The van der Waals surface area contributed by atoms with Crippen LogP contribution in [0.1, 0.15) is 16.7 Å². The van der Waals surface area contributed by atoms with Crippen LogP contribution in [0.2, 0.25) is 0 Å². The van der Waals surface area contributed by atoms with Gasteiger partial charge in [0.25, 0.3) is 0 Å². The number of hydrogen-bond acceptors (Lipinski definition) is 4. The van der Waals surface area contributed by atoms with Gasteiger partial charge in [-0.15, -0.1) is 0 Å². The maximum absolute atomic E-state index is 11.6. The van der Waals surface area contributed by atoms with Crippen molar-refractivity contribution in [3.8, 4) is 0 Å². The number of benzene rings is 1. The van der Waals surface area contributed by atoms with E-state index >= 15 is 0 Å². The standard InChI is InChI=1S/C14H18O4/c1-9-5-10(2)7-11(6-9)8-12(13(15)17-3)14(16)18-4/h5-7,12H,8H2,1-4H3.